The zero-order valence-corrected chi connectivity index (χ0v) is 13.3. The molecule has 1 amide bonds. The van der Waals surface area contributed by atoms with Crippen molar-refractivity contribution in [1.29, 1.82) is 0 Å². The van der Waals surface area contributed by atoms with E-state index in [-0.39, 0.29) is 5.91 Å². The molecule has 2 aromatic carbocycles. The molecule has 1 N–H and O–H groups in total. The van der Waals surface area contributed by atoms with Gasteiger partial charge in [-0.1, -0.05) is 29.8 Å². The Morgan fingerprint density at radius 2 is 1.91 bits per heavy atom. The summed E-state index contributed by atoms with van der Waals surface area (Å²) in [5, 5.41) is 3.23. The van der Waals surface area contributed by atoms with Crippen molar-refractivity contribution in [2.24, 2.45) is 0 Å². The molecule has 0 aliphatic carbocycles. The molecule has 2 rings (SSSR count). The molecule has 0 atom stereocenters. The molecule has 0 saturated heterocycles. The van der Waals surface area contributed by atoms with Gasteiger partial charge in [0.2, 0.25) is 0 Å². The van der Waals surface area contributed by atoms with Gasteiger partial charge in [-0.2, -0.15) is 0 Å². The van der Waals surface area contributed by atoms with E-state index in [2.05, 4.69) is 5.32 Å². The molecule has 0 aliphatic heterocycles. The number of halogens is 1. The average molecular weight is 320 g/mol. The summed E-state index contributed by atoms with van der Waals surface area (Å²) < 4.78 is 10.8. The monoisotopic (exact) mass is 319 g/mol. The Bertz CT molecular complexity index is 658. The number of carbonyl (C=O) groups is 1. The van der Waals surface area contributed by atoms with Crippen LogP contribution in [0.4, 0.5) is 0 Å². The third-order valence-electron chi connectivity index (χ3n) is 3.08. The van der Waals surface area contributed by atoms with Gasteiger partial charge in [0.05, 0.1) is 24.2 Å². The Balaban J connectivity index is 1.85. The number of amides is 1. The van der Waals surface area contributed by atoms with E-state index in [1.807, 2.05) is 37.3 Å². The van der Waals surface area contributed by atoms with Crippen LogP contribution in [0.2, 0.25) is 5.02 Å². The Morgan fingerprint density at radius 1 is 1.18 bits per heavy atom. The van der Waals surface area contributed by atoms with Crippen molar-refractivity contribution < 1.29 is 14.3 Å². The number of para-hydroxylation sites is 2. The molecule has 116 valence electrons. The van der Waals surface area contributed by atoms with Crippen LogP contribution in [0.3, 0.4) is 0 Å². The summed E-state index contributed by atoms with van der Waals surface area (Å²) in [6.07, 6.45) is 0. The number of carbonyl (C=O) groups excluding carboxylic acids is 1. The van der Waals surface area contributed by atoms with Gasteiger partial charge in [0.1, 0.15) is 6.61 Å². The highest BCUT2D eigenvalue weighted by Gasteiger charge is 2.10. The number of methoxy groups -OCH3 is 1. The van der Waals surface area contributed by atoms with Crippen LogP contribution < -0.4 is 14.8 Å². The molecule has 0 heterocycles. The van der Waals surface area contributed by atoms with E-state index in [1.165, 1.54) is 0 Å². The second-order valence-electron chi connectivity index (χ2n) is 4.74. The molecular weight excluding hydrogens is 302 g/mol. The van der Waals surface area contributed by atoms with Crippen molar-refractivity contribution in [2.75, 3.05) is 20.3 Å². The maximum Gasteiger partial charge on any atom is 0.252 e. The van der Waals surface area contributed by atoms with Gasteiger partial charge in [-0.3, -0.25) is 4.79 Å². The molecule has 22 heavy (non-hydrogen) atoms. The molecule has 4 nitrogen and oxygen atoms in total. The fourth-order valence-electron chi connectivity index (χ4n) is 1.96. The van der Waals surface area contributed by atoms with Crippen LogP contribution in [0.1, 0.15) is 15.9 Å². The minimum absolute atomic E-state index is 0.214. The molecule has 0 aliphatic rings. The summed E-state index contributed by atoms with van der Waals surface area (Å²) in [4.78, 5) is 12.0. The first kappa shape index (κ1) is 16.2. The smallest absolute Gasteiger partial charge is 0.252 e. The topological polar surface area (TPSA) is 47.6 Å². The van der Waals surface area contributed by atoms with E-state index in [0.29, 0.717) is 35.2 Å². The highest BCUT2D eigenvalue weighted by atomic mass is 35.5. The zero-order chi connectivity index (χ0) is 15.9. The number of rotatable bonds is 6. The highest BCUT2D eigenvalue weighted by Crippen LogP contribution is 2.25. The largest absolute Gasteiger partial charge is 0.493 e. The fourth-order valence-corrected chi connectivity index (χ4v) is 2.28. The summed E-state index contributed by atoms with van der Waals surface area (Å²) >= 11 is 6.06. The third-order valence-corrected chi connectivity index (χ3v) is 3.40. The second-order valence-corrected chi connectivity index (χ2v) is 5.15. The van der Waals surface area contributed by atoms with E-state index in [9.17, 15) is 4.79 Å². The van der Waals surface area contributed by atoms with Crippen molar-refractivity contribution in [1.82, 2.24) is 5.32 Å². The van der Waals surface area contributed by atoms with Crippen LogP contribution in [-0.2, 0) is 0 Å². The molecule has 5 heteroatoms. The molecule has 0 fully saturated rings. The molecule has 0 unspecified atom stereocenters. The molecule has 0 saturated carbocycles. The van der Waals surface area contributed by atoms with Crippen molar-refractivity contribution in [3.63, 3.8) is 0 Å². The van der Waals surface area contributed by atoms with Gasteiger partial charge in [-0.15, -0.1) is 0 Å². The first-order valence-corrected chi connectivity index (χ1v) is 7.30. The van der Waals surface area contributed by atoms with Crippen molar-refractivity contribution in [3.8, 4) is 11.5 Å². The normalized spacial score (nSPS) is 10.1. The quantitative estimate of drug-likeness (QED) is 0.829. The number of hydrogen-bond donors (Lipinski definition) is 1. The Kier molecular flexibility index (Phi) is 5.67. The first-order valence-electron chi connectivity index (χ1n) is 6.92. The molecule has 0 bridgehead atoms. The lowest BCUT2D eigenvalue weighted by atomic mass is 10.1. The highest BCUT2D eigenvalue weighted by molar-refractivity contribution is 6.33. The van der Waals surface area contributed by atoms with Gasteiger partial charge in [0.25, 0.3) is 5.91 Å². The lowest BCUT2D eigenvalue weighted by Crippen LogP contribution is -2.28. The lowest BCUT2D eigenvalue weighted by molar-refractivity contribution is 0.0947. The zero-order valence-electron chi connectivity index (χ0n) is 12.6. The number of ether oxygens (including phenoxy) is 2. The van der Waals surface area contributed by atoms with Gasteiger partial charge in [0, 0.05) is 0 Å². The maximum absolute atomic E-state index is 12.0. The van der Waals surface area contributed by atoms with Gasteiger partial charge in [0.15, 0.2) is 11.5 Å². The minimum Gasteiger partial charge on any atom is -0.493 e. The van der Waals surface area contributed by atoms with Crippen LogP contribution in [0.25, 0.3) is 0 Å². The molecule has 0 radical (unpaired) electrons. The summed E-state index contributed by atoms with van der Waals surface area (Å²) in [7, 11) is 1.59. The molecule has 0 spiro atoms. The molecule has 0 aromatic heterocycles. The summed E-state index contributed by atoms with van der Waals surface area (Å²) in [5.74, 6) is 1.09. The minimum atomic E-state index is -0.214. The van der Waals surface area contributed by atoms with Gasteiger partial charge in [-0.25, -0.2) is 0 Å². The van der Waals surface area contributed by atoms with E-state index in [0.717, 1.165) is 5.56 Å². The van der Waals surface area contributed by atoms with Crippen LogP contribution in [0.5, 0.6) is 11.5 Å². The van der Waals surface area contributed by atoms with E-state index < -0.39 is 0 Å². The fraction of sp³-hybridized carbons (Fsp3) is 0.235. The van der Waals surface area contributed by atoms with Crippen LogP contribution in [0.15, 0.2) is 42.5 Å². The Labute approximate surface area is 135 Å². The van der Waals surface area contributed by atoms with Crippen molar-refractivity contribution in [3.05, 3.63) is 58.6 Å². The summed E-state index contributed by atoms with van der Waals surface area (Å²) in [6, 6.07) is 12.7. The van der Waals surface area contributed by atoms with E-state index >= 15 is 0 Å². The van der Waals surface area contributed by atoms with Gasteiger partial charge >= 0.3 is 0 Å². The summed E-state index contributed by atoms with van der Waals surface area (Å²) in [6.45, 7) is 2.64. The van der Waals surface area contributed by atoms with E-state index in [4.69, 9.17) is 21.1 Å². The Morgan fingerprint density at radius 3 is 2.59 bits per heavy atom. The Hall–Kier alpha value is -2.20. The predicted octanol–water partition coefficient (Wildman–Crippen LogP) is 3.47. The predicted molar refractivity (Wildman–Crippen MR) is 87.0 cm³/mol. The number of nitrogens with one attached hydrogen (secondary N) is 1. The van der Waals surface area contributed by atoms with Gasteiger partial charge < -0.3 is 14.8 Å². The summed E-state index contributed by atoms with van der Waals surface area (Å²) in [5.41, 5.74) is 1.48. The standard InChI is InChI=1S/C17H18ClNO3/c1-12-7-8-13(14(18)11-12)17(20)19-9-10-22-16-6-4-3-5-15(16)21-2/h3-8,11H,9-10H2,1-2H3,(H,19,20). The van der Waals surface area contributed by atoms with Crippen LogP contribution >= 0.6 is 11.6 Å². The van der Waals surface area contributed by atoms with E-state index in [1.54, 1.807) is 19.2 Å². The molecule has 2 aromatic rings. The van der Waals surface area contributed by atoms with Crippen LogP contribution in [-0.4, -0.2) is 26.2 Å². The second kappa shape index (κ2) is 7.71. The number of aryl methyl sites for hydroxylation is 1. The third kappa shape index (κ3) is 4.15. The van der Waals surface area contributed by atoms with Crippen molar-refractivity contribution >= 4 is 17.5 Å². The lowest BCUT2D eigenvalue weighted by Gasteiger charge is -2.11. The van der Waals surface area contributed by atoms with Crippen molar-refractivity contribution in [2.45, 2.75) is 6.92 Å². The molecular formula is C17H18ClNO3. The van der Waals surface area contributed by atoms with Crippen LogP contribution in [0, 0.1) is 6.92 Å². The maximum atomic E-state index is 12.0. The first-order chi connectivity index (χ1) is 10.6. The van der Waals surface area contributed by atoms with Gasteiger partial charge in [-0.05, 0) is 36.8 Å². The average Bonchev–Trinajstić information content (AvgIpc) is 2.51. The SMILES string of the molecule is COc1ccccc1OCCNC(=O)c1ccc(C)cc1Cl. The number of benzene rings is 2. The number of hydrogen-bond acceptors (Lipinski definition) is 3.